The maximum absolute atomic E-state index is 6.85. The molecule has 3 heterocycles. The number of benzene rings is 9. The van der Waals surface area contributed by atoms with Crippen molar-refractivity contribution in [2.24, 2.45) is 0 Å². The molecule has 0 aliphatic heterocycles. The third-order valence-corrected chi connectivity index (χ3v) is 11.2. The number of furan rings is 1. The third kappa shape index (κ3) is 4.58. The zero-order valence-corrected chi connectivity index (χ0v) is 30.0. The Hall–Kier alpha value is -7.63. The fourth-order valence-corrected chi connectivity index (χ4v) is 8.64. The smallest absolute Gasteiger partial charge is 0.164 e. The van der Waals surface area contributed by atoms with Crippen LogP contribution in [-0.2, 0) is 0 Å². The molecule has 0 aliphatic carbocycles. The van der Waals surface area contributed by atoms with Crippen LogP contribution in [0.5, 0.6) is 0 Å². The minimum absolute atomic E-state index is 0.593. The highest BCUT2D eigenvalue weighted by Gasteiger charge is 2.23. The van der Waals surface area contributed by atoms with E-state index < -0.39 is 0 Å². The van der Waals surface area contributed by atoms with Crippen molar-refractivity contribution < 1.29 is 4.42 Å². The molecule has 0 N–H and O–H groups in total. The Morgan fingerprint density at radius 2 is 1.00 bits per heavy atom. The Labute approximate surface area is 320 Å². The molecule has 9 aromatic carbocycles. The minimum atomic E-state index is 0.593. The van der Waals surface area contributed by atoms with Crippen molar-refractivity contribution in [1.82, 2.24) is 19.5 Å². The number of hydrogen-bond acceptors (Lipinski definition) is 4. The Morgan fingerprint density at radius 3 is 1.73 bits per heavy atom. The van der Waals surface area contributed by atoms with E-state index in [0.29, 0.717) is 17.5 Å². The van der Waals surface area contributed by atoms with Crippen LogP contribution in [0.15, 0.2) is 186 Å². The van der Waals surface area contributed by atoms with Crippen LogP contribution in [0, 0.1) is 0 Å². The second kappa shape index (κ2) is 11.9. The molecule has 0 saturated heterocycles. The number of fused-ring (bicyclic) bond motifs is 11. The third-order valence-electron chi connectivity index (χ3n) is 11.2. The summed E-state index contributed by atoms with van der Waals surface area (Å²) in [5, 5.41) is 11.4. The van der Waals surface area contributed by atoms with Gasteiger partial charge < -0.3 is 8.98 Å². The van der Waals surface area contributed by atoms with Crippen molar-refractivity contribution in [3.8, 4) is 39.9 Å². The second-order valence-corrected chi connectivity index (χ2v) is 14.4. The van der Waals surface area contributed by atoms with Crippen LogP contribution in [0.2, 0.25) is 0 Å². The first-order chi connectivity index (χ1) is 27.8. The first-order valence-electron chi connectivity index (χ1n) is 18.9. The predicted octanol–water partition coefficient (Wildman–Crippen LogP) is 13.3. The molecular formula is C51H30N4O. The summed E-state index contributed by atoms with van der Waals surface area (Å²) in [5.41, 5.74) is 7.79. The monoisotopic (exact) mass is 714 g/mol. The van der Waals surface area contributed by atoms with Crippen LogP contribution in [0.1, 0.15) is 0 Å². The zero-order chi connectivity index (χ0) is 36.7. The van der Waals surface area contributed by atoms with Crippen molar-refractivity contribution >= 4 is 76.1 Å². The summed E-state index contributed by atoms with van der Waals surface area (Å²) >= 11 is 0. The Kier molecular flexibility index (Phi) is 6.56. The van der Waals surface area contributed by atoms with Gasteiger partial charge in [-0.3, -0.25) is 0 Å². The highest BCUT2D eigenvalue weighted by Crippen LogP contribution is 2.45. The summed E-state index contributed by atoms with van der Waals surface area (Å²) in [4.78, 5) is 15.3. The molecule has 0 atom stereocenters. The SMILES string of the molecule is c1ccc(-c2nc(-c3ccccc3)nc(-c3cccc4oc5c6ccccc6c(-n6c7cc8ccccc8cc7c7ccc8ccccc8c76)cc5c34)n2)cc1. The highest BCUT2D eigenvalue weighted by atomic mass is 16.3. The molecule has 0 spiro atoms. The molecule has 12 aromatic rings. The maximum Gasteiger partial charge on any atom is 0.164 e. The molecule has 0 aliphatic rings. The Balaban J connectivity index is 1.21. The van der Waals surface area contributed by atoms with Crippen LogP contribution in [0.25, 0.3) is 116 Å². The summed E-state index contributed by atoms with van der Waals surface area (Å²) in [7, 11) is 0. The number of rotatable bonds is 4. The van der Waals surface area contributed by atoms with Gasteiger partial charge in [0, 0.05) is 54.4 Å². The van der Waals surface area contributed by atoms with E-state index in [1.54, 1.807) is 0 Å². The molecule has 0 fully saturated rings. The highest BCUT2D eigenvalue weighted by molar-refractivity contribution is 6.24. The topological polar surface area (TPSA) is 56.7 Å². The maximum atomic E-state index is 6.85. The Morgan fingerprint density at radius 1 is 0.393 bits per heavy atom. The first kappa shape index (κ1) is 30.8. The van der Waals surface area contributed by atoms with E-state index in [1.165, 1.54) is 37.8 Å². The quantitative estimate of drug-likeness (QED) is 0.182. The van der Waals surface area contributed by atoms with Gasteiger partial charge in [-0.25, -0.2) is 15.0 Å². The average molecular weight is 715 g/mol. The van der Waals surface area contributed by atoms with E-state index >= 15 is 0 Å². The molecule has 5 heteroatoms. The molecular weight excluding hydrogens is 685 g/mol. The summed E-state index contributed by atoms with van der Waals surface area (Å²) in [6.07, 6.45) is 0. The lowest BCUT2D eigenvalue weighted by molar-refractivity contribution is 0.672. The summed E-state index contributed by atoms with van der Waals surface area (Å²) in [6.45, 7) is 0. The van der Waals surface area contributed by atoms with E-state index in [-0.39, 0.29) is 0 Å². The van der Waals surface area contributed by atoms with E-state index in [9.17, 15) is 0 Å². The molecule has 0 unspecified atom stereocenters. The fourth-order valence-electron chi connectivity index (χ4n) is 8.64. The van der Waals surface area contributed by atoms with Gasteiger partial charge in [0.05, 0.1) is 16.7 Å². The van der Waals surface area contributed by atoms with Crippen LogP contribution in [0.4, 0.5) is 0 Å². The second-order valence-electron chi connectivity index (χ2n) is 14.4. The van der Waals surface area contributed by atoms with Gasteiger partial charge in [0.25, 0.3) is 0 Å². The van der Waals surface area contributed by atoms with Crippen LogP contribution < -0.4 is 0 Å². The molecule has 260 valence electrons. The van der Waals surface area contributed by atoms with Crippen LogP contribution >= 0.6 is 0 Å². The first-order valence-corrected chi connectivity index (χ1v) is 18.9. The van der Waals surface area contributed by atoms with Crippen molar-refractivity contribution in [2.75, 3.05) is 0 Å². The largest absolute Gasteiger partial charge is 0.455 e. The molecule has 0 saturated carbocycles. The van der Waals surface area contributed by atoms with Gasteiger partial charge in [-0.15, -0.1) is 0 Å². The van der Waals surface area contributed by atoms with Gasteiger partial charge in [-0.05, 0) is 40.4 Å². The van der Waals surface area contributed by atoms with Gasteiger partial charge in [-0.2, -0.15) is 0 Å². The number of hydrogen-bond donors (Lipinski definition) is 0. The minimum Gasteiger partial charge on any atom is -0.455 e. The lowest BCUT2D eigenvalue weighted by Gasteiger charge is -2.14. The van der Waals surface area contributed by atoms with Crippen molar-refractivity contribution in [3.63, 3.8) is 0 Å². The lowest BCUT2D eigenvalue weighted by atomic mass is 10.0. The molecule has 0 amide bonds. The summed E-state index contributed by atoms with van der Waals surface area (Å²) < 4.78 is 9.33. The molecule has 5 nitrogen and oxygen atoms in total. The Bertz CT molecular complexity index is 3470. The van der Waals surface area contributed by atoms with Gasteiger partial charge in [0.2, 0.25) is 0 Å². The normalized spacial score (nSPS) is 11.9. The van der Waals surface area contributed by atoms with Gasteiger partial charge >= 0.3 is 0 Å². The van der Waals surface area contributed by atoms with Crippen molar-refractivity contribution in [1.29, 1.82) is 0 Å². The molecule has 0 radical (unpaired) electrons. The zero-order valence-electron chi connectivity index (χ0n) is 30.0. The van der Waals surface area contributed by atoms with Gasteiger partial charge in [0.1, 0.15) is 11.2 Å². The number of aromatic nitrogens is 4. The van der Waals surface area contributed by atoms with E-state index in [1.807, 2.05) is 72.8 Å². The van der Waals surface area contributed by atoms with Crippen LogP contribution in [0.3, 0.4) is 0 Å². The van der Waals surface area contributed by atoms with E-state index in [0.717, 1.165) is 60.6 Å². The standard InChI is InChI=1S/C51H30N4O/c1-3-15-32(16-4-1)49-52-50(33-17-5-2-6-18-33)54-51(53-49)40-24-13-25-45-46(40)42-30-44(37-22-11-12-23-39(37)48(42)56-45)55-43-29-35-20-8-7-19-34(35)28-41(43)38-27-26-31-14-9-10-21-36(31)47(38)55/h1-30H. The lowest BCUT2D eigenvalue weighted by Crippen LogP contribution is -2.00. The molecule has 3 aromatic heterocycles. The summed E-state index contributed by atoms with van der Waals surface area (Å²) in [6, 6.07) is 63.9. The van der Waals surface area contributed by atoms with Crippen LogP contribution in [-0.4, -0.2) is 19.5 Å². The van der Waals surface area contributed by atoms with E-state index in [4.69, 9.17) is 19.4 Å². The van der Waals surface area contributed by atoms with Crippen molar-refractivity contribution in [2.45, 2.75) is 0 Å². The molecule has 12 rings (SSSR count). The van der Waals surface area contributed by atoms with Crippen molar-refractivity contribution in [3.05, 3.63) is 182 Å². The van der Waals surface area contributed by atoms with Gasteiger partial charge in [0.15, 0.2) is 17.5 Å². The van der Waals surface area contributed by atoms with E-state index in [2.05, 4.69) is 114 Å². The summed E-state index contributed by atoms with van der Waals surface area (Å²) in [5.74, 6) is 1.83. The van der Waals surface area contributed by atoms with Gasteiger partial charge in [-0.1, -0.05) is 158 Å². The molecule has 56 heavy (non-hydrogen) atoms. The molecule has 0 bridgehead atoms. The fraction of sp³-hybridized carbons (Fsp3) is 0. The number of nitrogens with zero attached hydrogens (tertiary/aromatic N) is 4. The predicted molar refractivity (Wildman–Crippen MR) is 230 cm³/mol. The average Bonchev–Trinajstić information content (AvgIpc) is 3.81.